The molecule has 0 fully saturated rings. The normalized spacial score (nSPS) is 11.9. The zero-order chi connectivity index (χ0) is 19.1. The number of esters is 1. The number of carbonyl (C=O) groups excluding carboxylic acids is 1. The summed E-state index contributed by atoms with van der Waals surface area (Å²) in [6.45, 7) is 9.39. The smallest absolute Gasteiger partial charge is 0.342 e. The van der Waals surface area contributed by atoms with Gasteiger partial charge in [0.2, 0.25) is 11.6 Å². The zero-order valence-electron chi connectivity index (χ0n) is 15.3. The third kappa shape index (κ3) is 3.12. The van der Waals surface area contributed by atoms with Gasteiger partial charge < -0.3 is 13.7 Å². The molecule has 0 aliphatic carbocycles. The van der Waals surface area contributed by atoms with E-state index >= 15 is 0 Å². The van der Waals surface area contributed by atoms with E-state index < -0.39 is 11.5 Å². The maximum atomic E-state index is 12.8. The number of nitrogens with zero attached hydrogens (tertiary/aromatic N) is 4. The Balaban J connectivity index is 2.04. The number of carbonyl (C=O) groups is 1. The van der Waals surface area contributed by atoms with Crippen LogP contribution < -0.4 is 5.56 Å². The van der Waals surface area contributed by atoms with Crippen molar-refractivity contribution in [1.82, 2.24) is 19.7 Å². The monoisotopic (exact) mass is 360 g/mol. The summed E-state index contributed by atoms with van der Waals surface area (Å²) in [5.74, 6) is 0.485. The highest BCUT2D eigenvalue weighted by Gasteiger charge is 2.25. The average molecular weight is 360 g/mol. The molecule has 0 saturated heterocycles. The summed E-state index contributed by atoms with van der Waals surface area (Å²) >= 11 is 0. The van der Waals surface area contributed by atoms with Gasteiger partial charge in [0.05, 0.1) is 6.61 Å². The Kier molecular flexibility index (Phi) is 4.39. The molecule has 9 heteroatoms. The SMILES string of the molecule is CCOC(=O)c1c(C)oc2ncn(Cc3nc(C(C)(C)C)no3)c(=O)c12. The fourth-order valence-corrected chi connectivity index (χ4v) is 2.47. The van der Waals surface area contributed by atoms with Crippen LogP contribution in [0.25, 0.3) is 11.1 Å². The lowest BCUT2D eigenvalue weighted by molar-refractivity contribution is 0.0526. The van der Waals surface area contributed by atoms with Gasteiger partial charge >= 0.3 is 5.97 Å². The van der Waals surface area contributed by atoms with Crippen molar-refractivity contribution in [3.63, 3.8) is 0 Å². The summed E-state index contributed by atoms with van der Waals surface area (Å²) in [6, 6.07) is 0. The van der Waals surface area contributed by atoms with Crippen LogP contribution in [0.4, 0.5) is 0 Å². The van der Waals surface area contributed by atoms with E-state index in [1.807, 2.05) is 20.8 Å². The van der Waals surface area contributed by atoms with Crippen molar-refractivity contribution in [3.05, 3.63) is 39.7 Å². The largest absolute Gasteiger partial charge is 0.462 e. The molecule has 0 unspecified atom stereocenters. The molecule has 138 valence electrons. The van der Waals surface area contributed by atoms with Crippen molar-refractivity contribution in [2.75, 3.05) is 6.61 Å². The van der Waals surface area contributed by atoms with Crippen LogP contribution in [0.1, 0.15) is 55.5 Å². The molecule has 9 nitrogen and oxygen atoms in total. The van der Waals surface area contributed by atoms with Gasteiger partial charge in [-0.25, -0.2) is 9.78 Å². The lowest BCUT2D eigenvalue weighted by Gasteiger charge is -2.10. The fourth-order valence-electron chi connectivity index (χ4n) is 2.47. The molecule has 3 aromatic rings. The molecule has 0 bridgehead atoms. The molecule has 0 radical (unpaired) electrons. The van der Waals surface area contributed by atoms with Crippen LogP contribution in [0, 0.1) is 6.92 Å². The highest BCUT2D eigenvalue weighted by atomic mass is 16.5. The molecule has 26 heavy (non-hydrogen) atoms. The molecule has 0 aliphatic heterocycles. The van der Waals surface area contributed by atoms with Crippen molar-refractivity contribution in [2.45, 2.75) is 46.6 Å². The predicted octanol–water partition coefficient (Wildman–Crippen LogP) is 2.20. The molecule has 0 spiro atoms. The Bertz CT molecular complexity index is 1020. The van der Waals surface area contributed by atoms with E-state index in [1.54, 1.807) is 13.8 Å². The summed E-state index contributed by atoms with van der Waals surface area (Å²) < 4.78 is 16.9. The van der Waals surface area contributed by atoms with Crippen molar-refractivity contribution in [1.29, 1.82) is 0 Å². The Morgan fingerprint density at radius 3 is 2.69 bits per heavy atom. The van der Waals surface area contributed by atoms with E-state index in [9.17, 15) is 9.59 Å². The fraction of sp³-hybridized carbons (Fsp3) is 0.471. The second kappa shape index (κ2) is 6.40. The molecular formula is C17H20N4O5. The maximum absolute atomic E-state index is 12.8. The summed E-state index contributed by atoms with van der Waals surface area (Å²) in [5.41, 5.74) is -0.527. The zero-order valence-corrected chi connectivity index (χ0v) is 15.3. The van der Waals surface area contributed by atoms with E-state index in [4.69, 9.17) is 13.7 Å². The average Bonchev–Trinajstić information content (AvgIpc) is 3.14. The first-order chi connectivity index (χ1) is 12.2. The predicted molar refractivity (Wildman–Crippen MR) is 91.1 cm³/mol. The topological polar surface area (TPSA) is 113 Å². The Morgan fingerprint density at radius 1 is 1.35 bits per heavy atom. The number of rotatable bonds is 4. The standard InChI is InChI=1S/C17H20N4O5/c1-6-24-15(23)11-9(2)25-13-12(11)14(22)21(8-18-13)7-10-19-16(20-26-10)17(3,4)5/h8H,6-7H2,1-5H3. The van der Waals surface area contributed by atoms with Gasteiger partial charge in [0.15, 0.2) is 5.82 Å². The van der Waals surface area contributed by atoms with Crippen LogP contribution >= 0.6 is 0 Å². The number of ether oxygens (including phenoxy) is 1. The van der Waals surface area contributed by atoms with E-state index in [0.717, 1.165) is 0 Å². The van der Waals surface area contributed by atoms with E-state index in [-0.39, 0.29) is 46.9 Å². The number of furan rings is 1. The second-order valence-corrected chi connectivity index (χ2v) is 6.87. The van der Waals surface area contributed by atoms with Crippen LogP contribution in [0.5, 0.6) is 0 Å². The highest BCUT2D eigenvalue weighted by molar-refractivity contribution is 6.03. The molecule has 3 rings (SSSR count). The number of aromatic nitrogens is 4. The van der Waals surface area contributed by atoms with Crippen LogP contribution in [-0.2, 0) is 16.7 Å². The first-order valence-corrected chi connectivity index (χ1v) is 8.21. The first-order valence-electron chi connectivity index (χ1n) is 8.21. The van der Waals surface area contributed by atoms with E-state index in [2.05, 4.69) is 15.1 Å². The quantitative estimate of drug-likeness (QED) is 0.651. The summed E-state index contributed by atoms with van der Waals surface area (Å²) in [6.07, 6.45) is 1.32. The number of fused-ring (bicyclic) bond motifs is 1. The molecule has 0 saturated carbocycles. The van der Waals surface area contributed by atoms with Gasteiger partial charge in [-0.1, -0.05) is 25.9 Å². The van der Waals surface area contributed by atoms with Gasteiger partial charge in [0.1, 0.15) is 29.6 Å². The van der Waals surface area contributed by atoms with E-state index in [0.29, 0.717) is 5.82 Å². The van der Waals surface area contributed by atoms with Crippen molar-refractivity contribution in [2.24, 2.45) is 0 Å². The minimum absolute atomic E-state index is 0.0390. The number of aryl methyl sites for hydroxylation is 1. The Hall–Kier alpha value is -2.97. The third-order valence-corrected chi connectivity index (χ3v) is 3.78. The van der Waals surface area contributed by atoms with Gasteiger partial charge in [-0.3, -0.25) is 9.36 Å². The van der Waals surface area contributed by atoms with Crippen molar-refractivity contribution in [3.8, 4) is 0 Å². The molecule has 3 aromatic heterocycles. The third-order valence-electron chi connectivity index (χ3n) is 3.78. The molecule has 0 N–H and O–H groups in total. The van der Waals surface area contributed by atoms with E-state index in [1.165, 1.54) is 10.9 Å². The van der Waals surface area contributed by atoms with Gasteiger partial charge in [0.25, 0.3) is 5.56 Å². The molecule has 0 amide bonds. The molecule has 0 atom stereocenters. The minimum Gasteiger partial charge on any atom is -0.462 e. The van der Waals surface area contributed by atoms with Gasteiger partial charge in [-0.05, 0) is 13.8 Å². The molecule has 3 heterocycles. The number of hydrogen-bond acceptors (Lipinski definition) is 8. The molecule has 0 aromatic carbocycles. The van der Waals surface area contributed by atoms with Crippen molar-refractivity contribution >= 4 is 17.1 Å². The first kappa shape index (κ1) is 17.8. The summed E-state index contributed by atoms with van der Waals surface area (Å²) in [7, 11) is 0. The van der Waals surface area contributed by atoms with Crippen LogP contribution in [0.2, 0.25) is 0 Å². The molecule has 0 aliphatic rings. The van der Waals surface area contributed by atoms with Crippen LogP contribution in [-0.4, -0.2) is 32.3 Å². The molecular weight excluding hydrogens is 340 g/mol. The highest BCUT2D eigenvalue weighted by Crippen LogP contribution is 2.22. The maximum Gasteiger partial charge on any atom is 0.342 e. The second-order valence-electron chi connectivity index (χ2n) is 6.87. The van der Waals surface area contributed by atoms with Crippen LogP contribution in [0.3, 0.4) is 0 Å². The summed E-state index contributed by atoms with van der Waals surface area (Å²) in [5, 5.41) is 4.02. The van der Waals surface area contributed by atoms with Gasteiger partial charge in [-0.15, -0.1) is 0 Å². The Labute approximate surface area is 149 Å². The minimum atomic E-state index is -0.617. The Morgan fingerprint density at radius 2 is 2.08 bits per heavy atom. The van der Waals surface area contributed by atoms with Gasteiger partial charge in [0, 0.05) is 5.41 Å². The lowest BCUT2D eigenvalue weighted by Crippen LogP contribution is -2.23. The van der Waals surface area contributed by atoms with Crippen molar-refractivity contribution < 1.29 is 18.5 Å². The van der Waals surface area contributed by atoms with Crippen LogP contribution in [0.15, 0.2) is 20.1 Å². The van der Waals surface area contributed by atoms with Gasteiger partial charge in [-0.2, -0.15) is 4.98 Å². The number of hydrogen-bond donors (Lipinski definition) is 0. The lowest BCUT2D eigenvalue weighted by atomic mass is 9.96. The summed E-state index contributed by atoms with van der Waals surface area (Å²) in [4.78, 5) is 33.4.